The summed E-state index contributed by atoms with van der Waals surface area (Å²) in [4.78, 5) is 11.5. The van der Waals surface area contributed by atoms with Crippen molar-refractivity contribution in [2.24, 2.45) is 11.8 Å². The van der Waals surface area contributed by atoms with Crippen LogP contribution < -0.4 is 0 Å². The van der Waals surface area contributed by atoms with E-state index in [0.29, 0.717) is 18.3 Å². The Morgan fingerprint density at radius 3 is 3.05 bits per heavy atom. The number of rotatable bonds is 4. The molecule has 3 fully saturated rings. The summed E-state index contributed by atoms with van der Waals surface area (Å²) in [6.07, 6.45) is 10.1. The van der Waals surface area contributed by atoms with Crippen molar-refractivity contribution in [1.82, 2.24) is 0 Å². The van der Waals surface area contributed by atoms with Gasteiger partial charge in [-0.2, -0.15) is 0 Å². The number of allylic oxidation sites excluding steroid dienone is 2. The molecule has 0 aromatic carbocycles. The first-order valence-electron chi connectivity index (χ1n) is 7.85. The molecule has 0 N–H and O–H groups in total. The van der Waals surface area contributed by atoms with Crippen molar-refractivity contribution in [3.8, 4) is 0 Å². The van der Waals surface area contributed by atoms with E-state index in [2.05, 4.69) is 12.2 Å². The molecule has 3 rings (SSSR count). The zero-order valence-electron chi connectivity index (χ0n) is 12.1. The van der Waals surface area contributed by atoms with E-state index in [0.717, 1.165) is 32.3 Å². The van der Waals surface area contributed by atoms with E-state index in [-0.39, 0.29) is 24.5 Å². The second-order valence-corrected chi connectivity index (χ2v) is 6.07. The minimum Gasteiger partial charge on any atom is -0.462 e. The number of carbonyl (C=O) groups excluding carboxylic acids is 1. The van der Waals surface area contributed by atoms with E-state index >= 15 is 0 Å². The van der Waals surface area contributed by atoms with E-state index in [1.165, 1.54) is 6.42 Å². The van der Waals surface area contributed by atoms with Crippen LogP contribution in [0.15, 0.2) is 12.2 Å². The zero-order valence-corrected chi connectivity index (χ0v) is 12.1. The molecular weight excluding hydrogens is 256 g/mol. The van der Waals surface area contributed by atoms with E-state index < -0.39 is 0 Å². The third-order valence-electron chi connectivity index (χ3n) is 4.76. The molecule has 4 heteroatoms. The third kappa shape index (κ3) is 2.91. The quantitative estimate of drug-likeness (QED) is 0.587. The number of ether oxygens (including phenoxy) is 3. The van der Waals surface area contributed by atoms with Crippen LogP contribution in [0.1, 0.15) is 45.4 Å². The van der Waals surface area contributed by atoms with Crippen molar-refractivity contribution in [1.29, 1.82) is 0 Å². The average molecular weight is 280 g/mol. The Balaban J connectivity index is 1.64. The molecule has 0 aromatic rings. The van der Waals surface area contributed by atoms with E-state index in [1.54, 1.807) is 0 Å². The largest absolute Gasteiger partial charge is 0.462 e. The fourth-order valence-corrected chi connectivity index (χ4v) is 3.75. The summed E-state index contributed by atoms with van der Waals surface area (Å²) >= 11 is 0. The van der Waals surface area contributed by atoms with Gasteiger partial charge in [-0.25, -0.2) is 0 Å². The molecule has 3 aliphatic rings. The summed E-state index contributed by atoms with van der Waals surface area (Å²) in [5.41, 5.74) is 0. The Morgan fingerprint density at radius 1 is 1.40 bits per heavy atom. The lowest BCUT2D eigenvalue weighted by Gasteiger charge is -2.29. The highest BCUT2D eigenvalue weighted by molar-refractivity contribution is 5.72. The third-order valence-corrected chi connectivity index (χ3v) is 4.76. The van der Waals surface area contributed by atoms with Crippen molar-refractivity contribution in [3.63, 3.8) is 0 Å². The van der Waals surface area contributed by atoms with Crippen LogP contribution in [-0.2, 0) is 19.0 Å². The monoisotopic (exact) mass is 280 g/mol. The van der Waals surface area contributed by atoms with Gasteiger partial charge in [-0.05, 0) is 38.5 Å². The fourth-order valence-electron chi connectivity index (χ4n) is 3.75. The van der Waals surface area contributed by atoms with Gasteiger partial charge in [-0.3, -0.25) is 4.79 Å². The van der Waals surface area contributed by atoms with E-state index in [4.69, 9.17) is 14.2 Å². The summed E-state index contributed by atoms with van der Waals surface area (Å²) < 4.78 is 17.3. The lowest BCUT2D eigenvalue weighted by Crippen LogP contribution is -2.31. The molecule has 1 aliphatic carbocycles. The van der Waals surface area contributed by atoms with E-state index in [1.807, 2.05) is 6.92 Å². The van der Waals surface area contributed by atoms with Gasteiger partial charge < -0.3 is 14.2 Å². The number of hydrogen-bond acceptors (Lipinski definition) is 4. The van der Waals surface area contributed by atoms with Crippen LogP contribution in [-0.4, -0.2) is 31.1 Å². The molecule has 0 radical (unpaired) electrons. The Kier molecular flexibility index (Phi) is 4.41. The first-order chi connectivity index (χ1) is 9.78. The Hall–Kier alpha value is -0.870. The molecular formula is C16H24O4. The van der Waals surface area contributed by atoms with Crippen molar-refractivity contribution in [3.05, 3.63) is 12.2 Å². The van der Waals surface area contributed by atoms with Gasteiger partial charge in [-0.15, -0.1) is 0 Å². The van der Waals surface area contributed by atoms with Gasteiger partial charge in [0.2, 0.25) is 0 Å². The number of hydrogen-bond donors (Lipinski definition) is 0. The minimum absolute atomic E-state index is 0.0437. The van der Waals surface area contributed by atoms with Gasteiger partial charge in [0.1, 0.15) is 6.10 Å². The first-order valence-corrected chi connectivity index (χ1v) is 7.85. The summed E-state index contributed by atoms with van der Waals surface area (Å²) in [7, 11) is 0. The van der Waals surface area contributed by atoms with Gasteiger partial charge in [0.05, 0.1) is 12.5 Å². The summed E-state index contributed by atoms with van der Waals surface area (Å²) in [6.45, 7) is 2.83. The Bertz CT molecular complexity index is 373. The van der Waals surface area contributed by atoms with Crippen molar-refractivity contribution >= 4 is 5.97 Å². The lowest BCUT2D eigenvalue weighted by molar-refractivity contribution is -0.196. The molecule has 1 saturated carbocycles. The van der Waals surface area contributed by atoms with Gasteiger partial charge in [0.25, 0.3) is 0 Å². The van der Waals surface area contributed by atoms with Gasteiger partial charge in [0, 0.05) is 18.9 Å². The Morgan fingerprint density at radius 2 is 2.30 bits per heavy atom. The molecule has 0 amide bonds. The smallest absolute Gasteiger partial charge is 0.306 e. The fraction of sp³-hybridized carbons (Fsp3) is 0.812. The van der Waals surface area contributed by atoms with Crippen LogP contribution in [0.2, 0.25) is 0 Å². The van der Waals surface area contributed by atoms with Crippen LogP contribution in [0.3, 0.4) is 0 Å². The molecule has 2 heterocycles. The number of fused-ring (bicyclic) bond motifs is 1. The second-order valence-electron chi connectivity index (χ2n) is 6.07. The molecule has 0 aromatic heterocycles. The maximum Gasteiger partial charge on any atom is 0.306 e. The molecule has 2 saturated heterocycles. The van der Waals surface area contributed by atoms with Crippen LogP contribution in [0.5, 0.6) is 0 Å². The molecule has 112 valence electrons. The first kappa shape index (κ1) is 14.1. The molecule has 20 heavy (non-hydrogen) atoms. The summed E-state index contributed by atoms with van der Waals surface area (Å²) in [6, 6.07) is 0. The van der Waals surface area contributed by atoms with Crippen molar-refractivity contribution in [2.75, 3.05) is 6.61 Å². The van der Waals surface area contributed by atoms with Crippen LogP contribution in [0.25, 0.3) is 0 Å². The molecule has 5 atom stereocenters. The minimum atomic E-state index is -0.0589. The molecule has 4 nitrogen and oxygen atoms in total. The second kappa shape index (κ2) is 6.27. The van der Waals surface area contributed by atoms with Crippen molar-refractivity contribution in [2.45, 2.75) is 63.9 Å². The molecule has 0 spiro atoms. The molecule has 1 unspecified atom stereocenters. The van der Waals surface area contributed by atoms with Gasteiger partial charge in [0.15, 0.2) is 6.29 Å². The van der Waals surface area contributed by atoms with Gasteiger partial charge >= 0.3 is 5.97 Å². The number of carbonyl (C=O) groups is 1. The maximum absolute atomic E-state index is 11.5. The van der Waals surface area contributed by atoms with Crippen molar-refractivity contribution < 1.29 is 19.0 Å². The predicted molar refractivity (Wildman–Crippen MR) is 74.0 cm³/mol. The topological polar surface area (TPSA) is 44.8 Å². The highest BCUT2D eigenvalue weighted by Crippen LogP contribution is 2.45. The molecule has 2 aliphatic heterocycles. The van der Waals surface area contributed by atoms with Crippen LogP contribution in [0.4, 0.5) is 0 Å². The zero-order chi connectivity index (χ0) is 13.9. The summed E-state index contributed by atoms with van der Waals surface area (Å²) in [5.74, 6) is 0.665. The highest BCUT2D eigenvalue weighted by atomic mass is 16.7. The SMILES string of the molecule is C/C=C\C[C@@H]1[C@H]2CC(=O)O[C@H]2C[C@H]1OC1CCCCO1. The van der Waals surface area contributed by atoms with E-state index in [9.17, 15) is 4.79 Å². The number of esters is 1. The standard InChI is InChI=1S/C16H24O4/c1-2-3-6-11-12-9-15(17)19-14(12)10-13(11)20-16-7-4-5-8-18-16/h2-3,11-14,16H,4-10H2,1H3/b3-2-/t11-,12-,13-,14+,16?/m1/s1. The predicted octanol–water partition coefficient (Wildman–Crippen LogP) is 2.82. The van der Waals surface area contributed by atoms with Gasteiger partial charge in [-0.1, -0.05) is 12.2 Å². The molecule has 0 bridgehead atoms. The summed E-state index contributed by atoms with van der Waals surface area (Å²) in [5, 5.41) is 0. The lowest BCUT2D eigenvalue weighted by atomic mass is 9.89. The average Bonchev–Trinajstić information content (AvgIpc) is 2.94. The highest BCUT2D eigenvalue weighted by Gasteiger charge is 2.50. The van der Waals surface area contributed by atoms with Crippen LogP contribution in [0, 0.1) is 11.8 Å². The normalized spacial score (nSPS) is 41.0. The van der Waals surface area contributed by atoms with Crippen LogP contribution >= 0.6 is 0 Å². The Labute approximate surface area is 120 Å². The maximum atomic E-state index is 11.5.